The molecule has 1 aromatic carbocycles. The van der Waals surface area contributed by atoms with E-state index >= 15 is 0 Å². The number of carboxylic acids is 1. The molecule has 1 amide bonds. The van der Waals surface area contributed by atoms with Gasteiger partial charge in [-0.3, -0.25) is 4.79 Å². The second-order valence-electron chi connectivity index (χ2n) is 5.26. The smallest absolute Gasteiger partial charge is 0.335 e. The van der Waals surface area contributed by atoms with Crippen LogP contribution in [0.15, 0.2) is 16.6 Å². The number of rotatable bonds is 1. The van der Waals surface area contributed by atoms with Crippen molar-refractivity contribution in [3.05, 3.63) is 27.7 Å². The van der Waals surface area contributed by atoms with Crippen molar-refractivity contribution >= 4 is 33.5 Å². The number of halogens is 1. The summed E-state index contributed by atoms with van der Waals surface area (Å²) >= 11 is 3.30. The number of hydrogen-bond donors (Lipinski definition) is 4. The molecule has 0 radical (unpaired) electrons. The Balaban J connectivity index is 2.17. The molecular weight excluding hydrogens is 330 g/mol. The fraction of sp³-hybridized carbons (Fsp3) is 0.385. The van der Waals surface area contributed by atoms with Crippen LogP contribution in [0.25, 0.3) is 0 Å². The van der Waals surface area contributed by atoms with Gasteiger partial charge in [0, 0.05) is 15.7 Å². The molecule has 0 aromatic heterocycles. The lowest BCUT2D eigenvalue weighted by molar-refractivity contribution is -0.121. The van der Waals surface area contributed by atoms with E-state index in [4.69, 9.17) is 5.11 Å². The minimum absolute atomic E-state index is 0.0621. The van der Waals surface area contributed by atoms with Crippen LogP contribution in [0.3, 0.4) is 0 Å². The Morgan fingerprint density at radius 3 is 2.45 bits per heavy atom. The fourth-order valence-electron chi connectivity index (χ4n) is 3.13. The highest BCUT2D eigenvalue weighted by molar-refractivity contribution is 9.10. The first-order valence-corrected chi connectivity index (χ1v) is 6.89. The van der Waals surface area contributed by atoms with Gasteiger partial charge in [-0.15, -0.1) is 0 Å². The SMILES string of the molecule is O=C(O)c1cc(Br)c2c(c1)NC(=O)C21CC(O)C(O)C1. The highest BCUT2D eigenvalue weighted by atomic mass is 79.9. The first-order chi connectivity index (χ1) is 9.35. The number of hydrogen-bond acceptors (Lipinski definition) is 4. The van der Waals surface area contributed by atoms with Crippen molar-refractivity contribution in [3.63, 3.8) is 0 Å². The van der Waals surface area contributed by atoms with Crippen molar-refractivity contribution in [1.29, 1.82) is 0 Å². The summed E-state index contributed by atoms with van der Waals surface area (Å²) in [7, 11) is 0. The molecule has 6 nitrogen and oxygen atoms in total. The normalized spacial score (nSPS) is 31.4. The van der Waals surface area contributed by atoms with Crippen LogP contribution in [0.1, 0.15) is 28.8 Å². The predicted octanol–water partition coefficient (Wildman–Crippen LogP) is 0.853. The molecule has 4 N–H and O–H groups in total. The van der Waals surface area contributed by atoms with E-state index in [1.807, 2.05) is 0 Å². The zero-order valence-electron chi connectivity index (χ0n) is 10.3. The van der Waals surface area contributed by atoms with Crippen LogP contribution in [0.2, 0.25) is 0 Å². The Hall–Kier alpha value is -1.44. The lowest BCUT2D eigenvalue weighted by Gasteiger charge is -2.22. The van der Waals surface area contributed by atoms with Crippen LogP contribution in [0, 0.1) is 0 Å². The van der Waals surface area contributed by atoms with Crippen molar-refractivity contribution in [2.45, 2.75) is 30.5 Å². The van der Waals surface area contributed by atoms with Gasteiger partial charge in [-0.25, -0.2) is 4.79 Å². The number of aromatic carboxylic acids is 1. The van der Waals surface area contributed by atoms with Gasteiger partial charge in [-0.05, 0) is 25.0 Å². The Morgan fingerprint density at radius 2 is 1.90 bits per heavy atom. The van der Waals surface area contributed by atoms with Crippen molar-refractivity contribution in [2.24, 2.45) is 0 Å². The zero-order valence-corrected chi connectivity index (χ0v) is 11.8. The average Bonchev–Trinajstić information content (AvgIpc) is 2.78. The fourth-order valence-corrected chi connectivity index (χ4v) is 3.97. The zero-order chi connectivity index (χ0) is 14.7. The monoisotopic (exact) mass is 341 g/mol. The number of benzene rings is 1. The lowest BCUT2D eigenvalue weighted by atomic mass is 9.79. The predicted molar refractivity (Wildman–Crippen MR) is 72.7 cm³/mol. The minimum atomic E-state index is -1.09. The number of nitrogens with one attached hydrogen (secondary N) is 1. The number of amides is 1. The van der Waals surface area contributed by atoms with E-state index in [0.717, 1.165) is 0 Å². The first-order valence-electron chi connectivity index (χ1n) is 6.10. The molecule has 1 aliphatic carbocycles. The molecular formula is C13H12BrNO5. The van der Waals surface area contributed by atoms with Crippen LogP contribution >= 0.6 is 15.9 Å². The second kappa shape index (κ2) is 4.28. The Kier molecular flexibility index (Phi) is 2.89. The molecule has 1 fully saturated rings. The lowest BCUT2D eigenvalue weighted by Crippen LogP contribution is -2.32. The summed E-state index contributed by atoms with van der Waals surface area (Å²) in [6.07, 6.45) is -1.67. The number of anilines is 1. The van der Waals surface area contributed by atoms with Gasteiger partial charge in [-0.2, -0.15) is 0 Å². The summed E-state index contributed by atoms with van der Waals surface area (Å²) in [6, 6.07) is 2.83. The van der Waals surface area contributed by atoms with Gasteiger partial charge in [0.25, 0.3) is 0 Å². The van der Waals surface area contributed by atoms with E-state index in [-0.39, 0.29) is 24.3 Å². The van der Waals surface area contributed by atoms with Gasteiger partial charge < -0.3 is 20.6 Å². The van der Waals surface area contributed by atoms with E-state index in [2.05, 4.69) is 21.2 Å². The van der Waals surface area contributed by atoms with E-state index in [9.17, 15) is 19.8 Å². The van der Waals surface area contributed by atoms with Crippen molar-refractivity contribution in [2.75, 3.05) is 5.32 Å². The Bertz CT molecular complexity index is 619. The number of carbonyl (C=O) groups excluding carboxylic acids is 1. The molecule has 106 valence electrons. The summed E-state index contributed by atoms with van der Waals surface area (Å²) in [5.41, 5.74) is 0.0996. The summed E-state index contributed by atoms with van der Waals surface area (Å²) in [4.78, 5) is 23.3. The molecule has 20 heavy (non-hydrogen) atoms. The Morgan fingerprint density at radius 1 is 1.30 bits per heavy atom. The van der Waals surface area contributed by atoms with Crippen LogP contribution in [0.5, 0.6) is 0 Å². The molecule has 0 saturated heterocycles. The molecule has 0 bridgehead atoms. The standard InChI is InChI=1S/C13H12BrNO5/c14-6-1-5(11(18)19)2-7-10(6)13(12(20)15-7)3-8(16)9(17)4-13/h1-2,8-9,16-17H,3-4H2,(H,15,20)(H,18,19). The third kappa shape index (κ3) is 1.70. The molecule has 3 rings (SSSR count). The van der Waals surface area contributed by atoms with Crippen molar-refractivity contribution in [3.8, 4) is 0 Å². The van der Waals surface area contributed by atoms with Gasteiger partial charge in [0.1, 0.15) is 0 Å². The average molecular weight is 342 g/mol. The second-order valence-corrected chi connectivity index (χ2v) is 6.12. The maximum Gasteiger partial charge on any atom is 0.335 e. The highest BCUT2D eigenvalue weighted by Gasteiger charge is 2.55. The van der Waals surface area contributed by atoms with E-state index in [1.165, 1.54) is 12.1 Å². The maximum absolute atomic E-state index is 12.3. The largest absolute Gasteiger partial charge is 0.478 e. The van der Waals surface area contributed by atoms with Crippen LogP contribution in [-0.2, 0) is 10.2 Å². The molecule has 1 saturated carbocycles. The van der Waals surface area contributed by atoms with Gasteiger partial charge in [-0.1, -0.05) is 15.9 Å². The Labute approximate surface area is 122 Å². The number of carbonyl (C=O) groups is 2. The van der Waals surface area contributed by atoms with Crippen molar-refractivity contribution in [1.82, 2.24) is 0 Å². The molecule has 2 atom stereocenters. The summed E-state index contributed by atoms with van der Waals surface area (Å²) in [5, 5.41) is 31.2. The molecule has 1 spiro atoms. The number of aliphatic hydroxyl groups excluding tert-OH is 2. The van der Waals surface area contributed by atoms with Crippen molar-refractivity contribution < 1.29 is 24.9 Å². The summed E-state index contributed by atoms with van der Waals surface area (Å²) < 4.78 is 0.493. The van der Waals surface area contributed by atoms with Crippen LogP contribution < -0.4 is 5.32 Å². The van der Waals surface area contributed by atoms with E-state index in [0.29, 0.717) is 15.7 Å². The summed E-state index contributed by atoms with van der Waals surface area (Å²) in [5.74, 6) is -1.40. The van der Waals surface area contributed by atoms with E-state index < -0.39 is 23.6 Å². The van der Waals surface area contributed by atoms with Crippen LogP contribution in [0.4, 0.5) is 5.69 Å². The quantitative estimate of drug-likeness (QED) is 0.605. The third-order valence-electron chi connectivity index (χ3n) is 4.06. The number of fused-ring (bicyclic) bond motifs is 2. The first kappa shape index (κ1) is 13.5. The molecule has 1 aromatic rings. The number of aliphatic hydroxyl groups is 2. The molecule has 1 heterocycles. The topological polar surface area (TPSA) is 107 Å². The third-order valence-corrected chi connectivity index (χ3v) is 4.68. The van der Waals surface area contributed by atoms with Gasteiger partial charge >= 0.3 is 5.97 Å². The minimum Gasteiger partial charge on any atom is -0.478 e. The molecule has 2 aliphatic rings. The van der Waals surface area contributed by atoms with E-state index in [1.54, 1.807) is 0 Å². The van der Waals surface area contributed by atoms with Gasteiger partial charge in [0.05, 0.1) is 23.2 Å². The molecule has 1 aliphatic heterocycles. The number of carboxylic acid groups (broad SMARTS) is 1. The molecule has 2 unspecified atom stereocenters. The van der Waals surface area contributed by atoms with Gasteiger partial charge in [0.15, 0.2) is 0 Å². The maximum atomic E-state index is 12.3. The molecule has 7 heteroatoms. The summed E-state index contributed by atoms with van der Waals surface area (Å²) in [6.45, 7) is 0. The highest BCUT2D eigenvalue weighted by Crippen LogP contribution is 2.51. The van der Waals surface area contributed by atoms with Crippen LogP contribution in [-0.4, -0.2) is 39.4 Å². The van der Waals surface area contributed by atoms with Gasteiger partial charge in [0.2, 0.25) is 5.91 Å².